The summed E-state index contributed by atoms with van der Waals surface area (Å²) in [6.45, 7) is 4.02. The Bertz CT molecular complexity index is 1370. The molecular weight excluding hydrogens is 468 g/mol. The van der Waals surface area contributed by atoms with Crippen LogP contribution in [0, 0.1) is 18.8 Å². The van der Waals surface area contributed by atoms with E-state index in [-0.39, 0.29) is 17.9 Å². The molecule has 1 aliphatic carbocycles. The molecule has 2 fully saturated rings. The molecule has 1 saturated heterocycles. The minimum Gasteiger partial charge on any atom is -0.497 e. The summed E-state index contributed by atoms with van der Waals surface area (Å²) < 4.78 is 16.8. The Kier molecular flexibility index (Phi) is 5.99. The Hall–Kier alpha value is -4.00. The van der Waals surface area contributed by atoms with Crippen molar-refractivity contribution in [3.05, 3.63) is 77.4 Å². The highest BCUT2D eigenvalue weighted by molar-refractivity contribution is 6.02. The minimum absolute atomic E-state index is 0.00166. The average Bonchev–Trinajstić information content (AvgIpc) is 3.62. The van der Waals surface area contributed by atoms with Gasteiger partial charge in [-0.15, -0.1) is 0 Å². The third kappa shape index (κ3) is 4.28. The normalized spacial score (nSPS) is 21.2. The Morgan fingerprint density at radius 1 is 1.03 bits per heavy atom. The van der Waals surface area contributed by atoms with Crippen LogP contribution in [-0.2, 0) is 0 Å². The van der Waals surface area contributed by atoms with E-state index in [0.29, 0.717) is 60.8 Å². The number of aryl methyl sites for hydroxylation is 1. The molecule has 6 rings (SSSR count). The first-order chi connectivity index (χ1) is 18.0. The molecule has 190 valence electrons. The zero-order chi connectivity index (χ0) is 25.5. The topological polar surface area (TPSA) is 77.1 Å². The number of carbonyl (C=O) groups excluding carboxylic acids is 2. The molecule has 7 heteroatoms. The summed E-state index contributed by atoms with van der Waals surface area (Å²) in [5.74, 6) is 2.52. The third-order valence-electron chi connectivity index (χ3n) is 7.71. The lowest BCUT2D eigenvalue weighted by atomic mass is 9.94. The molecule has 0 radical (unpaired) electrons. The van der Waals surface area contributed by atoms with Crippen LogP contribution in [0.1, 0.15) is 32.7 Å². The molecule has 0 aromatic heterocycles. The fourth-order valence-corrected chi connectivity index (χ4v) is 5.77. The van der Waals surface area contributed by atoms with E-state index >= 15 is 0 Å². The Morgan fingerprint density at radius 2 is 1.81 bits per heavy atom. The number of para-hydroxylation sites is 1. The minimum atomic E-state index is -0.216. The lowest BCUT2D eigenvalue weighted by Gasteiger charge is -2.29. The number of fused-ring (bicyclic) bond motifs is 2. The van der Waals surface area contributed by atoms with Crippen molar-refractivity contribution < 1.29 is 23.8 Å². The van der Waals surface area contributed by atoms with Gasteiger partial charge in [-0.3, -0.25) is 9.59 Å². The first-order valence-electron chi connectivity index (χ1n) is 12.8. The lowest BCUT2D eigenvalue weighted by Crippen LogP contribution is -2.45. The van der Waals surface area contributed by atoms with Crippen LogP contribution in [0.3, 0.4) is 0 Å². The highest BCUT2D eigenvalue weighted by atomic mass is 16.6. The van der Waals surface area contributed by atoms with E-state index in [4.69, 9.17) is 14.2 Å². The van der Waals surface area contributed by atoms with Crippen molar-refractivity contribution in [3.8, 4) is 28.4 Å². The van der Waals surface area contributed by atoms with Crippen LogP contribution in [-0.4, -0.2) is 56.2 Å². The number of nitrogens with zero attached hydrogens (tertiary/aromatic N) is 1. The molecule has 3 aromatic carbocycles. The van der Waals surface area contributed by atoms with Crippen molar-refractivity contribution in [2.45, 2.75) is 19.4 Å². The van der Waals surface area contributed by atoms with Crippen molar-refractivity contribution in [1.82, 2.24) is 10.2 Å². The van der Waals surface area contributed by atoms with Crippen molar-refractivity contribution in [3.63, 3.8) is 0 Å². The van der Waals surface area contributed by atoms with E-state index in [1.807, 2.05) is 54.3 Å². The zero-order valence-electron chi connectivity index (χ0n) is 21.0. The molecule has 3 aromatic rings. The number of rotatable bonds is 6. The van der Waals surface area contributed by atoms with Crippen LogP contribution < -0.4 is 19.5 Å². The van der Waals surface area contributed by atoms with E-state index in [9.17, 15) is 9.59 Å². The molecule has 2 amide bonds. The molecule has 1 saturated carbocycles. The number of nitrogens with one attached hydrogen (secondary N) is 1. The lowest BCUT2D eigenvalue weighted by molar-refractivity contribution is 0.0695. The molecule has 0 spiro atoms. The second-order valence-electron chi connectivity index (χ2n) is 9.95. The largest absolute Gasteiger partial charge is 0.497 e. The number of benzene rings is 3. The van der Waals surface area contributed by atoms with Gasteiger partial charge in [-0.05, 0) is 72.2 Å². The summed E-state index contributed by atoms with van der Waals surface area (Å²) >= 11 is 0. The summed E-state index contributed by atoms with van der Waals surface area (Å²) in [4.78, 5) is 29.1. The number of methoxy groups -OCH3 is 1. The van der Waals surface area contributed by atoms with E-state index in [1.165, 1.54) is 0 Å². The highest BCUT2D eigenvalue weighted by Crippen LogP contribution is 2.50. The third-order valence-corrected chi connectivity index (χ3v) is 7.71. The van der Waals surface area contributed by atoms with E-state index in [1.54, 1.807) is 25.3 Å². The second-order valence-corrected chi connectivity index (χ2v) is 9.95. The van der Waals surface area contributed by atoms with Gasteiger partial charge >= 0.3 is 0 Å². The standard InChI is InChI=1S/C30H30N2O5/c1-18-6-3-9-22(27(18)19-7-4-8-21(14-19)35-2)30(34)32-17-20-15-24(20)25(32)16-31-29(33)23-10-5-11-26-28(23)37-13-12-36-26/h3-11,14,20,24-25H,12-13,15-17H2,1-2H3,(H,31,33)/t20-,24-,25-/m1/s1. The van der Waals surface area contributed by atoms with E-state index in [0.717, 1.165) is 28.9 Å². The maximum absolute atomic E-state index is 14.0. The Morgan fingerprint density at radius 3 is 2.68 bits per heavy atom. The molecule has 2 heterocycles. The SMILES string of the molecule is COc1cccc(-c2c(C)cccc2C(=O)N2C[C@H]3C[C@H]3[C@H]2CNC(=O)c2cccc3c2OCCO3)c1. The second kappa shape index (κ2) is 9.47. The van der Waals surface area contributed by atoms with Crippen molar-refractivity contribution >= 4 is 11.8 Å². The fraction of sp³-hybridized carbons (Fsp3) is 0.333. The Labute approximate surface area is 216 Å². The zero-order valence-corrected chi connectivity index (χ0v) is 21.0. The van der Waals surface area contributed by atoms with Crippen LogP contribution in [0.15, 0.2) is 60.7 Å². The van der Waals surface area contributed by atoms with E-state index in [2.05, 4.69) is 5.32 Å². The number of hydrogen-bond donors (Lipinski definition) is 1. The van der Waals surface area contributed by atoms with Crippen LogP contribution in [0.4, 0.5) is 0 Å². The number of hydrogen-bond acceptors (Lipinski definition) is 5. The van der Waals surface area contributed by atoms with Crippen LogP contribution in [0.5, 0.6) is 17.2 Å². The summed E-state index contributed by atoms with van der Waals surface area (Å²) in [7, 11) is 1.64. The first-order valence-corrected chi connectivity index (χ1v) is 12.8. The molecule has 1 N–H and O–H groups in total. The molecule has 37 heavy (non-hydrogen) atoms. The first kappa shape index (κ1) is 23.4. The summed E-state index contributed by atoms with van der Waals surface area (Å²) in [5, 5.41) is 3.07. The molecular formula is C30H30N2O5. The smallest absolute Gasteiger partial charge is 0.255 e. The van der Waals surface area contributed by atoms with Gasteiger partial charge in [-0.25, -0.2) is 0 Å². The predicted molar refractivity (Wildman–Crippen MR) is 139 cm³/mol. The predicted octanol–water partition coefficient (Wildman–Crippen LogP) is 4.33. The highest BCUT2D eigenvalue weighted by Gasteiger charge is 2.54. The summed E-state index contributed by atoms with van der Waals surface area (Å²) in [6, 6.07) is 19.0. The molecule has 3 atom stereocenters. The van der Waals surface area contributed by atoms with Crippen LogP contribution in [0.25, 0.3) is 11.1 Å². The number of carbonyl (C=O) groups is 2. The number of amides is 2. The van der Waals surface area contributed by atoms with Gasteiger partial charge in [0.15, 0.2) is 11.5 Å². The van der Waals surface area contributed by atoms with Gasteiger partial charge in [0.05, 0.1) is 18.7 Å². The van der Waals surface area contributed by atoms with Gasteiger partial charge in [0.1, 0.15) is 19.0 Å². The van der Waals surface area contributed by atoms with Gasteiger partial charge < -0.3 is 24.4 Å². The average molecular weight is 499 g/mol. The van der Waals surface area contributed by atoms with Gasteiger partial charge in [0.25, 0.3) is 11.8 Å². The molecule has 3 aliphatic rings. The maximum Gasteiger partial charge on any atom is 0.255 e. The van der Waals surface area contributed by atoms with Gasteiger partial charge in [0.2, 0.25) is 0 Å². The number of piperidine rings is 1. The van der Waals surface area contributed by atoms with Crippen molar-refractivity contribution in [2.24, 2.45) is 11.8 Å². The quantitative estimate of drug-likeness (QED) is 0.548. The summed E-state index contributed by atoms with van der Waals surface area (Å²) in [6.07, 6.45) is 1.10. The summed E-state index contributed by atoms with van der Waals surface area (Å²) in [5.41, 5.74) is 4.03. The van der Waals surface area contributed by atoms with Crippen molar-refractivity contribution in [2.75, 3.05) is 33.4 Å². The monoisotopic (exact) mass is 498 g/mol. The van der Waals surface area contributed by atoms with Crippen LogP contribution >= 0.6 is 0 Å². The Balaban J connectivity index is 1.24. The van der Waals surface area contributed by atoms with Crippen LogP contribution in [0.2, 0.25) is 0 Å². The fourth-order valence-electron chi connectivity index (χ4n) is 5.77. The molecule has 0 bridgehead atoms. The molecule has 0 unspecified atom stereocenters. The van der Waals surface area contributed by atoms with E-state index < -0.39 is 0 Å². The van der Waals surface area contributed by atoms with Gasteiger partial charge in [-0.1, -0.05) is 30.3 Å². The maximum atomic E-state index is 14.0. The molecule has 2 aliphatic heterocycles. The number of likely N-dealkylation sites (tertiary alicyclic amines) is 1. The van der Waals surface area contributed by atoms with Gasteiger partial charge in [0, 0.05) is 18.7 Å². The molecule has 7 nitrogen and oxygen atoms in total. The number of ether oxygens (including phenoxy) is 3. The van der Waals surface area contributed by atoms with Gasteiger partial charge in [-0.2, -0.15) is 0 Å². The van der Waals surface area contributed by atoms with Crippen molar-refractivity contribution in [1.29, 1.82) is 0 Å².